The van der Waals surface area contributed by atoms with Crippen LogP contribution in [0.1, 0.15) is 19.4 Å². The number of nitrogens with zero attached hydrogens (tertiary/aromatic N) is 1. The van der Waals surface area contributed by atoms with Crippen molar-refractivity contribution in [3.63, 3.8) is 0 Å². The summed E-state index contributed by atoms with van der Waals surface area (Å²) in [6.45, 7) is 4.53. The number of benzene rings is 3. The molecular formula is C27H23NS. The summed E-state index contributed by atoms with van der Waals surface area (Å²) in [7, 11) is 0. The summed E-state index contributed by atoms with van der Waals surface area (Å²) >= 11 is 1.87. The van der Waals surface area contributed by atoms with E-state index in [1.165, 1.54) is 42.4 Å². The van der Waals surface area contributed by atoms with Gasteiger partial charge in [0.15, 0.2) is 0 Å². The van der Waals surface area contributed by atoms with E-state index >= 15 is 0 Å². The van der Waals surface area contributed by atoms with Crippen molar-refractivity contribution in [1.29, 1.82) is 0 Å². The van der Waals surface area contributed by atoms with E-state index in [0.717, 1.165) is 12.1 Å². The van der Waals surface area contributed by atoms with Crippen LogP contribution >= 0.6 is 11.3 Å². The van der Waals surface area contributed by atoms with Gasteiger partial charge in [0.05, 0.1) is 5.69 Å². The van der Waals surface area contributed by atoms with Gasteiger partial charge in [-0.25, -0.2) is 0 Å². The van der Waals surface area contributed by atoms with Crippen molar-refractivity contribution in [2.75, 3.05) is 0 Å². The number of thiophene rings is 1. The Morgan fingerprint density at radius 1 is 0.828 bits per heavy atom. The third kappa shape index (κ3) is 3.34. The molecule has 0 radical (unpaired) electrons. The molecule has 3 aromatic carbocycles. The minimum Gasteiger partial charge on any atom is -0.256 e. The van der Waals surface area contributed by atoms with Crippen molar-refractivity contribution in [1.82, 2.24) is 4.98 Å². The van der Waals surface area contributed by atoms with Gasteiger partial charge in [0, 0.05) is 31.9 Å². The zero-order chi connectivity index (χ0) is 19.8. The van der Waals surface area contributed by atoms with Gasteiger partial charge in [0.2, 0.25) is 0 Å². The van der Waals surface area contributed by atoms with Crippen LogP contribution in [0.4, 0.5) is 0 Å². The summed E-state index contributed by atoms with van der Waals surface area (Å²) in [6, 6.07) is 28.3. The maximum atomic E-state index is 4.75. The Balaban J connectivity index is 1.79. The van der Waals surface area contributed by atoms with Crippen molar-refractivity contribution in [3.8, 4) is 22.4 Å². The fraction of sp³-hybridized carbons (Fsp3) is 0.148. The van der Waals surface area contributed by atoms with E-state index in [2.05, 4.69) is 92.7 Å². The van der Waals surface area contributed by atoms with Crippen LogP contribution in [0.2, 0.25) is 0 Å². The Morgan fingerprint density at radius 3 is 2.41 bits per heavy atom. The van der Waals surface area contributed by atoms with E-state index in [1.807, 2.05) is 17.5 Å². The molecule has 0 N–H and O–H groups in total. The molecule has 5 rings (SSSR count). The molecule has 0 aliphatic rings. The van der Waals surface area contributed by atoms with Crippen LogP contribution < -0.4 is 0 Å². The fourth-order valence-corrected chi connectivity index (χ4v) is 5.36. The highest BCUT2D eigenvalue weighted by Crippen LogP contribution is 2.44. The maximum Gasteiger partial charge on any atom is 0.0719 e. The molecule has 0 bridgehead atoms. The van der Waals surface area contributed by atoms with Gasteiger partial charge in [-0.05, 0) is 47.2 Å². The molecule has 0 saturated carbocycles. The van der Waals surface area contributed by atoms with E-state index in [4.69, 9.17) is 4.98 Å². The number of hydrogen-bond donors (Lipinski definition) is 0. The highest BCUT2D eigenvalue weighted by molar-refractivity contribution is 7.26. The predicted molar refractivity (Wildman–Crippen MR) is 127 cm³/mol. The first-order valence-corrected chi connectivity index (χ1v) is 11.0. The normalized spacial score (nSPS) is 11.6. The molecule has 2 heteroatoms. The number of pyridine rings is 1. The summed E-state index contributed by atoms with van der Waals surface area (Å²) in [5.41, 5.74) is 6.20. The Kier molecular flexibility index (Phi) is 4.65. The lowest BCUT2D eigenvalue weighted by Gasteiger charge is -2.11. The lowest BCUT2D eigenvalue weighted by atomic mass is 9.95. The van der Waals surface area contributed by atoms with Crippen molar-refractivity contribution in [2.24, 2.45) is 5.92 Å². The fourth-order valence-electron chi connectivity index (χ4n) is 4.11. The number of hydrogen-bond acceptors (Lipinski definition) is 2. The average molecular weight is 394 g/mol. The first-order chi connectivity index (χ1) is 14.2. The quantitative estimate of drug-likeness (QED) is 0.301. The summed E-state index contributed by atoms with van der Waals surface area (Å²) in [5, 5.41) is 2.66. The first kappa shape index (κ1) is 18.1. The van der Waals surface area contributed by atoms with Crippen LogP contribution in [-0.2, 0) is 6.42 Å². The molecule has 0 spiro atoms. The van der Waals surface area contributed by atoms with Crippen LogP contribution in [0.15, 0.2) is 85.1 Å². The predicted octanol–water partition coefficient (Wildman–Crippen LogP) is 7.98. The first-order valence-electron chi connectivity index (χ1n) is 10.2. The second-order valence-corrected chi connectivity index (χ2v) is 9.03. The number of aromatic nitrogens is 1. The van der Waals surface area contributed by atoms with Gasteiger partial charge in [0.25, 0.3) is 0 Å². The van der Waals surface area contributed by atoms with Gasteiger partial charge in [0.1, 0.15) is 0 Å². The van der Waals surface area contributed by atoms with Crippen LogP contribution in [0, 0.1) is 5.92 Å². The molecule has 0 atom stereocenters. The van der Waals surface area contributed by atoms with E-state index in [0.29, 0.717) is 5.92 Å². The number of rotatable bonds is 4. The average Bonchev–Trinajstić information content (AvgIpc) is 3.13. The summed E-state index contributed by atoms with van der Waals surface area (Å²) in [6.07, 6.45) is 3.03. The zero-order valence-corrected chi connectivity index (χ0v) is 17.5. The Bertz CT molecular complexity index is 1300. The zero-order valence-electron chi connectivity index (χ0n) is 16.7. The lowest BCUT2D eigenvalue weighted by molar-refractivity contribution is 0.647. The Hall–Kier alpha value is -2.97. The van der Waals surface area contributed by atoms with Gasteiger partial charge in [-0.15, -0.1) is 11.3 Å². The van der Waals surface area contributed by atoms with Crippen molar-refractivity contribution >= 4 is 31.5 Å². The standard InChI is InChI=1S/C27H23NS/c1-18(2)16-19-14-15-28-24(17-19)22-13-12-21(20-8-4-3-5-9-20)26-23-10-6-7-11-25(23)29-27(22)26/h3-15,17-18H,16H2,1-2H3. The molecule has 1 nitrogen and oxygen atoms in total. The molecule has 29 heavy (non-hydrogen) atoms. The monoisotopic (exact) mass is 393 g/mol. The topological polar surface area (TPSA) is 12.9 Å². The molecule has 2 heterocycles. The molecule has 0 unspecified atom stereocenters. The highest BCUT2D eigenvalue weighted by atomic mass is 32.1. The smallest absolute Gasteiger partial charge is 0.0719 e. The van der Waals surface area contributed by atoms with Gasteiger partial charge in [-0.1, -0.05) is 74.5 Å². The minimum absolute atomic E-state index is 0.634. The van der Waals surface area contributed by atoms with Crippen molar-refractivity contribution in [2.45, 2.75) is 20.3 Å². The maximum absolute atomic E-state index is 4.75. The molecule has 0 aliphatic heterocycles. The third-order valence-electron chi connectivity index (χ3n) is 5.36. The van der Waals surface area contributed by atoms with E-state index in [-0.39, 0.29) is 0 Å². The molecule has 0 saturated heterocycles. The Labute approximate surface area is 175 Å². The summed E-state index contributed by atoms with van der Waals surface area (Å²) in [4.78, 5) is 4.75. The SMILES string of the molecule is CC(C)Cc1ccnc(-c2ccc(-c3ccccc3)c3c2sc2ccccc23)c1. The van der Waals surface area contributed by atoms with Crippen LogP contribution in [0.5, 0.6) is 0 Å². The van der Waals surface area contributed by atoms with Gasteiger partial charge in [-0.3, -0.25) is 4.98 Å². The van der Waals surface area contributed by atoms with Crippen LogP contribution in [0.25, 0.3) is 42.6 Å². The number of fused-ring (bicyclic) bond motifs is 3. The minimum atomic E-state index is 0.634. The van der Waals surface area contributed by atoms with E-state index < -0.39 is 0 Å². The second-order valence-electron chi connectivity index (χ2n) is 7.98. The lowest BCUT2D eigenvalue weighted by Crippen LogP contribution is -1.95. The van der Waals surface area contributed by atoms with Crippen LogP contribution in [0.3, 0.4) is 0 Å². The second kappa shape index (κ2) is 7.46. The molecule has 0 aliphatic carbocycles. The molecular weight excluding hydrogens is 370 g/mol. The van der Waals surface area contributed by atoms with Gasteiger partial charge >= 0.3 is 0 Å². The summed E-state index contributed by atoms with van der Waals surface area (Å²) in [5.74, 6) is 0.634. The molecule has 5 aromatic rings. The molecule has 0 amide bonds. The van der Waals surface area contributed by atoms with Crippen molar-refractivity contribution in [3.05, 3.63) is 90.6 Å². The van der Waals surface area contributed by atoms with E-state index in [1.54, 1.807) is 0 Å². The van der Waals surface area contributed by atoms with Crippen molar-refractivity contribution < 1.29 is 0 Å². The van der Waals surface area contributed by atoms with E-state index in [9.17, 15) is 0 Å². The van der Waals surface area contributed by atoms with Gasteiger partial charge in [-0.2, -0.15) is 0 Å². The van der Waals surface area contributed by atoms with Gasteiger partial charge < -0.3 is 0 Å². The molecule has 0 fully saturated rings. The highest BCUT2D eigenvalue weighted by Gasteiger charge is 2.16. The Morgan fingerprint density at radius 2 is 1.59 bits per heavy atom. The molecule has 2 aromatic heterocycles. The summed E-state index contributed by atoms with van der Waals surface area (Å²) < 4.78 is 2.65. The van der Waals surface area contributed by atoms with Crippen LogP contribution in [-0.4, -0.2) is 4.98 Å². The largest absolute Gasteiger partial charge is 0.256 e. The molecule has 142 valence electrons. The third-order valence-corrected chi connectivity index (χ3v) is 6.56.